The van der Waals surface area contributed by atoms with Gasteiger partial charge < -0.3 is 5.32 Å². The molecular formula is C10H12N2O. The molecule has 3 nitrogen and oxygen atoms in total. The molecule has 1 aliphatic heterocycles. The number of carbonyl (C=O) groups excluding carboxylic acids is 1. The van der Waals surface area contributed by atoms with E-state index >= 15 is 0 Å². The number of ketones is 1. The first kappa shape index (κ1) is 8.38. The maximum absolute atomic E-state index is 11.7. The van der Waals surface area contributed by atoms with Crippen LogP contribution in [0.2, 0.25) is 0 Å². The minimum atomic E-state index is 0.171. The minimum Gasteiger partial charge on any atom is -0.315 e. The Morgan fingerprint density at radius 2 is 2.31 bits per heavy atom. The fourth-order valence-corrected chi connectivity index (χ4v) is 1.32. The Morgan fingerprint density at radius 3 is 2.77 bits per heavy atom. The van der Waals surface area contributed by atoms with Crippen LogP contribution in [0.25, 0.3) is 0 Å². The van der Waals surface area contributed by atoms with Crippen LogP contribution in [0.5, 0.6) is 0 Å². The van der Waals surface area contributed by atoms with Gasteiger partial charge in [0.15, 0.2) is 5.78 Å². The summed E-state index contributed by atoms with van der Waals surface area (Å²) in [5.41, 5.74) is 1.68. The van der Waals surface area contributed by atoms with E-state index in [2.05, 4.69) is 10.3 Å². The highest BCUT2D eigenvalue weighted by molar-refractivity contribution is 5.98. The fraction of sp³-hybridized carbons (Fsp3) is 0.400. The van der Waals surface area contributed by atoms with Crippen LogP contribution in [-0.2, 0) is 0 Å². The second-order valence-corrected chi connectivity index (χ2v) is 3.41. The third-order valence-corrected chi connectivity index (χ3v) is 2.35. The molecule has 1 saturated heterocycles. The summed E-state index contributed by atoms with van der Waals surface area (Å²) in [6, 6.07) is 3.72. The van der Waals surface area contributed by atoms with Crippen molar-refractivity contribution in [1.82, 2.24) is 10.3 Å². The number of pyridine rings is 1. The molecule has 13 heavy (non-hydrogen) atoms. The quantitative estimate of drug-likeness (QED) is 0.677. The molecule has 0 aliphatic carbocycles. The molecular weight excluding hydrogens is 164 g/mol. The van der Waals surface area contributed by atoms with E-state index in [0.29, 0.717) is 0 Å². The Kier molecular flexibility index (Phi) is 2.10. The Balaban J connectivity index is 2.15. The van der Waals surface area contributed by atoms with Gasteiger partial charge in [0.05, 0.1) is 0 Å². The molecule has 0 amide bonds. The summed E-state index contributed by atoms with van der Waals surface area (Å²) < 4.78 is 0. The molecule has 1 aromatic heterocycles. The average molecular weight is 176 g/mol. The summed E-state index contributed by atoms with van der Waals surface area (Å²) in [4.78, 5) is 15.8. The maximum atomic E-state index is 11.7. The van der Waals surface area contributed by atoms with E-state index in [0.717, 1.165) is 24.3 Å². The van der Waals surface area contributed by atoms with Crippen LogP contribution in [0.1, 0.15) is 16.1 Å². The Labute approximate surface area is 77.2 Å². The molecule has 0 bridgehead atoms. The standard InChI is InChI=1S/C10H12N2O/c1-7-2-3-8(6-12-7)10(13)9-4-11-5-9/h2-3,6,9,11H,4-5H2,1H3. The number of carbonyl (C=O) groups is 1. The number of hydrogen-bond donors (Lipinski definition) is 1. The van der Waals surface area contributed by atoms with E-state index in [1.165, 1.54) is 0 Å². The second-order valence-electron chi connectivity index (χ2n) is 3.41. The molecule has 1 aromatic rings. The first-order valence-corrected chi connectivity index (χ1v) is 4.45. The first-order chi connectivity index (χ1) is 6.27. The zero-order valence-corrected chi connectivity index (χ0v) is 7.58. The SMILES string of the molecule is Cc1ccc(C(=O)C2CNC2)cn1. The Hall–Kier alpha value is -1.22. The topological polar surface area (TPSA) is 42.0 Å². The van der Waals surface area contributed by atoms with E-state index in [4.69, 9.17) is 0 Å². The highest BCUT2D eigenvalue weighted by Crippen LogP contribution is 2.11. The van der Waals surface area contributed by atoms with Crippen molar-refractivity contribution in [2.24, 2.45) is 5.92 Å². The Morgan fingerprint density at radius 1 is 1.54 bits per heavy atom. The highest BCUT2D eigenvalue weighted by atomic mass is 16.1. The molecule has 1 N–H and O–H groups in total. The molecule has 0 spiro atoms. The number of hydrogen-bond acceptors (Lipinski definition) is 3. The number of nitrogens with zero attached hydrogens (tertiary/aromatic N) is 1. The van der Waals surface area contributed by atoms with E-state index in [1.807, 2.05) is 19.1 Å². The van der Waals surface area contributed by atoms with Gasteiger partial charge in [-0.3, -0.25) is 9.78 Å². The number of aromatic nitrogens is 1. The van der Waals surface area contributed by atoms with Gasteiger partial charge in [-0.15, -0.1) is 0 Å². The fourth-order valence-electron chi connectivity index (χ4n) is 1.32. The molecule has 0 aromatic carbocycles. The average Bonchev–Trinajstić information content (AvgIpc) is 2.02. The van der Waals surface area contributed by atoms with Gasteiger partial charge in [-0.1, -0.05) is 0 Å². The summed E-state index contributed by atoms with van der Waals surface area (Å²) in [5, 5.41) is 3.08. The number of rotatable bonds is 2. The van der Waals surface area contributed by atoms with Crippen LogP contribution in [0.4, 0.5) is 0 Å². The molecule has 2 heterocycles. The predicted molar refractivity (Wildman–Crippen MR) is 49.7 cm³/mol. The molecule has 68 valence electrons. The highest BCUT2D eigenvalue weighted by Gasteiger charge is 2.25. The summed E-state index contributed by atoms with van der Waals surface area (Å²) in [6.45, 7) is 3.54. The molecule has 0 atom stereocenters. The minimum absolute atomic E-state index is 0.171. The van der Waals surface area contributed by atoms with Crippen LogP contribution in [0.3, 0.4) is 0 Å². The van der Waals surface area contributed by atoms with Gasteiger partial charge in [-0.25, -0.2) is 0 Å². The smallest absolute Gasteiger partial charge is 0.170 e. The van der Waals surface area contributed by atoms with Crippen molar-refractivity contribution in [3.8, 4) is 0 Å². The lowest BCUT2D eigenvalue weighted by Crippen LogP contribution is -2.46. The van der Waals surface area contributed by atoms with Crippen molar-refractivity contribution < 1.29 is 4.79 Å². The molecule has 1 aliphatic rings. The lowest BCUT2D eigenvalue weighted by atomic mass is 9.94. The molecule has 1 fully saturated rings. The van der Waals surface area contributed by atoms with Crippen LogP contribution in [0.15, 0.2) is 18.3 Å². The lowest BCUT2D eigenvalue weighted by Gasteiger charge is -2.25. The van der Waals surface area contributed by atoms with E-state index in [-0.39, 0.29) is 11.7 Å². The van der Waals surface area contributed by atoms with Gasteiger partial charge in [0, 0.05) is 36.5 Å². The number of nitrogens with one attached hydrogen (secondary N) is 1. The third-order valence-electron chi connectivity index (χ3n) is 2.35. The van der Waals surface area contributed by atoms with E-state index < -0.39 is 0 Å². The molecule has 0 saturated carbocycles. The van der Waals surface area contributed by atoms with Crippen molar-refractivity contribution in [3.63, 3.8) is 0 Å². The zero-order valence-electron chi connectivity index (χ0n) is 7.58. The summed E-state index contributed by atoms with van der Waals surface area (Å²) in [6.07, 6.45) is 1.66. The van der Waals surface area contributed by atoms with Gasteiger partial charge in [0.1, 0.15) is 0 Å². The number of Topliss-reactive ketones (excluding diaryl/α,β-unsaturated/α-hetero) is 1. The zero-order chi connectivity index (χ0) is 9.26. The van der Waals surface area contributed by atoms with Crippen molar-refractivity contribution in [3.05, 3.63) is 29.6 Å². The Bertz CT molecular complexity index is 314. The molecule has 3 heteroatoms. The van der Waals surface area contributed by atoms with Crippen LogP contribution in [-0.4, -0.2) is 23.9 Å². The van der Waals surface area contributed by atoms with Crippen LogP contribution >= 0.6 is 0 Å². The molecule has 2 rings (SSSR count). The maximum Gasteiger partial charge on any atom is 0.170 e. The van der Waals surface area contributed by atoms with Crippen molar-refractivity contribution in [2.75, 3.05) is 13.1 Å². The predicted octanol–water partition coefficient (Wildman–Crippen LogP) is 0.792. The normalized spacial score (nSPS) is 16.7. The van der Waals surface area contributed by atoms with Gasteiger partial charge in [-0.05, 0) is 19.1 Å². The summed E-state index contributed by atoms with van der Waals surface area (Å²) in [5.74, 6) is 0.385. The van der Waals surface area contributed by atoms with E-state index in [1.54, 1.807) is 6.20 Å². The molecule has 0 radical (unpaired) electrons. The largest absolute Gasteiger partial charge is 0.315 e. The monoisotopic (exact) mass is 176 g/mol. The molecule has 0 unspecified atom stereocenters. The summed E-state index contributed by atoms with van der Waals surface area (Å²) >= 11 is 0. The van der Waals surface area contributed by atoms with Gasteiger partial charge in [0.2, 0.25) is 0 Å². The van der Waals surface area contributed by atoms with Gasteiger partial charge in [0.25, 0.3) is 0 Å². The first-order valence-electron chi connectivity index (χ1n) is 4.45. The van der Waals surface area contributed by atoms with Crippen molar-refractivity contribution in [1.29, 1.82) is 0 Å². The second kappa shape index (κ2) is 3.26. The van der Waals surface area contributed by atoms with E-state index in [9.17, 15) is 4.79 Å². The third kappa shape index (κ3) is 1.60. The van der Waals surface area contributed by atoms with Gasteiger partial charge >= 0.3 is 0 Å². The number of aryl methyl sites for hydroxylation is 1. The van der Waals surface area contributed by atoms with Crippen molar-refractivity contribution in [2.45, 2.75) is 6.92 Å². The van der Waals surface area contributed by atoms with Gasteiger partial charge in [-0.2, -0.15) is 0 Å². The lowest BCUT2D eigenvalue weighted by molar-refractivity contribution is 0.0878. The van der Waals surface area contributed by atoms with Crippen molar-refractivity contribution >= 4 is 5.78 Å². The van der Waals surface area contributed by atoms with Crippen LogP contribution in [0, 0.1) is 12.8 Å². The summed E-state index contributed by atoms with van der Waals surface area (Å²) in [7, 11) is 0. The van der Waals surface area contributed by atoms with Crippen LogP contribution < -0.4 is 5.32 Å².